The molecule has 2 heteroatoms. The highest BCUT2D eigenvalue weighted by Gasteiger charge is 2.10. The Morgan fingerprint density at radius 3 is 2.65 bits per heavy atom. The smallest absolute Gasteiger partial charge is 0.237 e. The Morgan fingerprint density at radius 2 is 1.94 bits per heavy atom. The van der Waals surface area contributed by atoms with Gasteiger partial charge in [-0.05, 0) is 18.4 Å². The zero-order valence-corrected chi connectivity index (χ0v) is 10.8. The van der Waals surface area contributed by atoms with Gasteiger partial charge in [-0.1, -0.05) is 37.3 Å². The third-order valence-corrected chi connectivity index (χ3v) is 3.23. The minimum atomic E-state index is 1.09. The lowest BCUT2D eigenvalue weighted by Gasteiger charge is -2.02. The molecule has 90 valence electrons. The van der Waals surface area contributed by atoms with Gasteiger partial charge in [-0.25, -0.2) is 9.13 Å². The molecule has 17 heavy (non-hydrogen) atoms. The normalized spacial score (nSPS) is 10.7. The van der Waals surface area contributed by atoms with Crippen molar-refractivity contribution in [3.05, 3.63) is 54.1 Å². The summed E-state index contributed by atoms with van der Waals surface area (Å²) < 4.78 is 4.57. The summed E-state index contributed by atoms with van der Waals surface area (Å²) in [4.78, 5) is 0. The Hall–Kier alpha value is -1.57. The number of nitrogens with zero attached hydrogens (tertiary/aromatic N) is 2. The van der Waals surface area contributed by atoms with Gasteiger partial charge in [0.2, 0.25) is 0 Å². The van der Waals surface area contributed by atoms with E-state index in [-0.39, 0.29) is 0 Å². The van der Waals surface area contributed by atoms with Crippen LogP contribution in [0.4, 0.5) is 0 Å². The number of hydrogen-bond acceptors (Lipinski definition) is 0. The van der Waals surface area contributed by atoms with Crippen LogP contribution in [0.15, 0.2) is 42.7 Å². The van der Waals surface area contributed by atoms with Crippen molar-refractivity contribution < 1.29 is 4.57 Å². The van der Waals surface area contributed by atoms with Gasteiger partial charge in [-0.15, -0.1) is 0 Å². The lowest BCUT2D eigenvalue weighted by molar-refractivity contribution is -0.678. The molecule has 0 aliphatic carbocycles. The Bertz CT molecular complexity index is 457. The van der Waals surface area contributed by atoms with Gasteiger partial charge in [0.15, 0.2) is 0 Å². The van der Waals surface area contributed by atoms with E-state index in [1.54, 1.807) is 0 Å². The summed E-state index contributed by atoms with van der Waals surface area (Å²) in [6.07, 6.45) is 7.78. The molecular weight excluding hydrogens is 208 g/mol. The van der Waals surface area contributed by atoms with Crippen LogP contribution in [0.1, 0.15) is 24.7 Å². The maximum absolute atomic E-state index is 2.36. The van der Waals surface area contributed by atoms with Crippen molar-refractivity contribution in [1.82, 2.24) is 4.57 Å². The minimum absolute atomic E-state index is 1.09. The first kappa shape index (κ1) is 11.9. The van der Waals surface area contributed by atoms with Crippen LogP contribution in [0.25, 0.3) is 0 Å². The van der Waals surface area contributed by atoms with E-state index < -0.39 is 0 Å². The van der Waals surface area contributed by atoms with Crippen molar-refractivity contribution in [1.29, 1.82) is 0 Å². The zero-order valence-electron chi connectivity index (χ0n) is 10.8. The van der Waals surface area contributed by atoms with Gasteiger partial charge in [0.05, 0.1) is 13.6 Å². The van der Waals surface area contributed by atoms with E-state index >= 15 is 0 Å². The third kappa shape index (κ3) is 2.96. The average molecular weight is 229 g/mol. The molecule has 0 fully saturated rings. The fourth-order valence-electron chi connectivity index (χ4n) is 2.31. The largest absolute Gasteiger partial charge is 0.255 e. The summed E-state index contributed by atoms with van der Waals surface area (Å²) in [5.41, 5.74) is 1.43. The molecule has 0 unspecified atom stereocenters. The molecule has 0 N–H and O–H groups in total. The molecule has 0 spiro atoms. The summed E-state index contributed by atoms with van der Waals surface area (Å²) in [5, 5.41) is 0. The molecule has 0 saturated heterocycles. The summed E-state index contributed by atoms with van der Waals surface area (Å²) in [6.45, 7) is 3.32. The molecule has 0 saturated carbocycles. The van der Waals surface area contributed by atoms with Gasteiger partial charge < -0.3 is 0 Å². The van der Waals surface area contributed by atoms with E-state index in [0.717, 1.165) is 19.4 Å². The van der Waals surface area contributed by atoms with Crippen LogP contribution in [-0.2, 0) is 26.4 Å². The maximum Gasteiger partial charge on any atom is 0.255 e. The van der Waals surface area contributed by atoms with Crippen molar-refractivity contribution >= 4 is 0 Å². The number of hydrogen-bond donors (Lipinski definition) is 0. The third-order valence-electron chi connectivity index (χ3n) is 3.23. The van der Waals surface area contributed by atoms with E-state index in [2.05, 4.69) is 65.8 Å². The molecule has 1 heterocycles. The molecular formula is C15H21N2+. The molecule has 0 aliphatic rings. The second-order valence-corrected chi connectivity index (χ2v) is 4.46. The van der Waals surface area contributed by atoms with Crippen molar-refractivity contribution in [2.75, 3.05) is 0 Å². The molecule has 1 aromatic heterocycles. The number of aromatic nitrogens is 2. The first-order valence-electron chi connectivity index (χ1n) is 6.39. The van der Waals surface area contributed by atoms with Gasteiger partial charge in [0.1, 0.15) is 12.4 Å². The Labute approximate surface area is 104 Å². The molecule has 0 radical (unpaired) electrons. The van der Waals surface area contributed by atoms with Crippen LogP contribution in [0.3, 0.4) is 0 Å². The number of aryl methyl sites for hydroxylation is 3. The molecule has 2 nitrogen and oxygen atoms in total. The van der Waals surface area contributed by atoms with Gasteiger partial charge >= 0.3 is 0 Å². The Kier molecular flexibility index (Phi) is 3.97. The average Bonchev–Trinajstić information content (AvgIpc) is 2.71. The second-order valence-electron chi connectivity index (χ2n) is 4.46. The highest BCUT2D eigenvalue weighted by molar-refractivity contribution is 5.14. The van der Waals surface area contributed by atoms with E-state index in [4.69, 9.17) is 0 Å². The summed E-state index contributed by atoms with van der Waals surface area (Å²) >= 11 is 0. The van der Waals surface area contributed by atoms with E-state index in [9.17, 15) is 0 Å². The van der Waals surface area contributed by atoms with E-state index in [1.807, 2.05) is 0 Å². The van der Waals surface area contributed by atoms with Crippen LogP contribution >= 0.6 is 0 Å². The summed E-state index contributed by atoms with van der Waals surface area (Å²) in [5.74, 6) is 1.40. The van der Waals surface area contributed by atoms with Crippen molar-refractivity contribution in [2.24, 2.45) is 7.05 Å². The van der Waals surface area contributed by atoms with Gasteiger partial charge in [-0.2, -0.15) is 0 Å². The van der Waals surface area contributed by atoms with E-state index in [1.165, 1.54) is 17.8 Å². The summed E-state index contributed by atoms with van der Waals surface area (Å²) in [7, 11) is 2.12. The quantitative estimate of drug-likeness (QED) is 0.697. The lowest BCUT2D eigenvalue weighted by atomic mass is 10.1. The van der Waals surface area contributed by atoms with E-state index in [0.29, 0.717) is 0 Å². The molecule has 0 aliphatic heterocycles. The summed E-state index contributed by atoms with van der Waals surface area (Å²) in [6, 6.07) is 10.7. The SMILES string of the molecule is CCc1n(CCCc2ccccc2)cc[n+]1C. The fourth-order valence-corrected chi connectivity index (χ4v) is 2.31. The molecule has 0 amide bonds. The predicted molar refractivity (Wildman–Crippen MR) is 69.7 cm³/mol. The van der Waals surface area contributed by atoms with Crippen LogP contribution in [0, 0.1) is 0 Å². The minimum Gasteiger partial charge on any atom is -0.237 e. The van der Waals surface area contributed by atoms with Crippen LogP contribution in [-0.4, -0.2) is 4.57 Å². The van der Waals surface area contributed by atoms with Crippen LogP contribution < -0.4 is 4.57 Å². The first-order chi connectivity index (χ1) is 8.31. The van der Waals surface area contributed by atoms with Gasteiger partial charge in [0, 0.05) is 6.42 Å². The number of benzene rings is 1. The number of rotatable bonds is 5. The first-order valence-corrected chi connectivity index (χ1v) is 6.39. The fraction of sp³-hybridized carbons (Fsp3) is 0.400. The van der Waals surface area contributed by atoms with Gasteiger partial charge in [-0.3, -0.25) is 0 Å². The van der Waals surface area contributed by atoms with Crippen molar-refractivity contribution in [2.45, 2.75) is 32.7 Å². The highest BCUT2D eigenvalue weighted by Crippen LogP contribution is 2.05. The number of imidazole rings is 1. The van der Waals surface area contributed by atoms with Crippen molar-refractivity contribution in [3.8, 4) is 0 Å². The highest BCUT2D eigenvalue weighted by atomic mass is 15.1. The Balaban J connectivity index is 1.90. The molecule has 0 bridgehead atoms. The monoisotopic (exact) mass is 229 g/mol. The molecule has 0 atom stereocenters. The van der Waals surface area contributed by atoms with Gasteiger partial charge in [0.25, 0.3) is 5.82 Å². The zero-order chi connectivity index (χ0) is 12.1. The maximum atomic E-state index is 2.36. The van der Waals surface area contributed by atoms with Crippen LogP contribution in [0.5, 0.6) is 0 Å². The molecule has 1 aromatic carbocycles. The second kappa shape index (κ2) is 5.67. The predicted octanol–water partition coefficient (Wildman–Crippen LogP) is 2.51. The molecule has 2 rings (SSSR count). The van der Waals surface area contributed by atoms with Crippen molar-refractivity contribution in [3.63, 3.8) is 0 Å². The lowest BCUT2D eigenvalue weighted by Crippen LogP contribution is -2.31. The molecule has 2 aromatic rings. The standard InChI is InChI=1S/C15H21N2/c1-3-15-16(2)12-13-17(15)11-7-10-14-8-5-4-6-9-14/h4-6,8-9,12-13H,3,7,10-11H2,1-2H3/q+1. The van der Waals surface area contributed by atoms with Crippen LogP contribution in [0.2, 0.25) is 0 Å². The topological polar surface area (TPSA) is 8.81 Å². The Morgan fingerprint density at radius 1 is 1.18 bits per heavy atom.